The molecule has 2 aromatic carbocycles. The average molecular weight is 356 g/mol. The fraction of sp³-hybridized carbons (Fsp3) is 0.300. The van der Waals surface area contributed by atoms with Gasteiger partial charge in [-0.05, 0) is 55.5 Å². The maximum atomic E-state index is 12.6. The van der Waals surface area contributed by atoms with Crippen molar-refractivity contribution in [3.63, 3.8) is 0 Å². The van der Waals surface area contributed by atoms with Crippen molar-refractivity contribution in [2.45, 2.75) is 31.7 Å². The predicted molar refractivity (Wildman–Crippen MR) is 104 cm³/mol. The second-order valence-electron chi connectivity index (χ2n) is 6.28. The maximum Gasteiger partial charge on any atom is 0.251 e. The van der Waals surface area contributed by atoms with Crippen LogP contribution in [-0.2, 0) is 4.79 Å². The van der Waals surface area contributed by atoms with Gasteiger partial charge in [-0.25, -0.2) is 0 Å². The van der Waals surface area contributed by atoms with E-state index in [2.05, 4.69) is 10.6 Å². The first kappa shape index (κ1) is 19.1. The number of hydrogen-bond acceptors (Lipinski definition) is 3. The van der Waals surface area contributed by atoms with Gasteiger partial charge in [-0.3, -0.25) is 9.59 Å². The number of anilines is 1. The third kappa shape index (κ3) is 5.36. The molecule has 0 aliphatic carbocycles. The van der Waals surface area contributed by atoms with E-state index in [0.717, 1.165) is 16.1 Å². The van der Waals surface area contributed by atoms with E-state index in [1.54, 1.807) is 23.9 Å². The van der Waals surface area contributed by atoms with Crippen molar-refractivity contribution in [2.75, 3.05) is 11.6 Å². The zero-order valence-electron chi connectivity index (χ0n) is 15.0. The summed E-state index contributed by atoms with van der Waals surface area (Å²) in [5, 5.41) is 5.72. The van der Waals surface area contributed by atoms with Crippen LogP contribution in [0.25, 0.3) is 0 Å². The van der Waals surface area contributed by atoms with Crippen molar-refractivity contribution in [1.29, 1.82) is 0 Å². The summed E-state index contributed by atoms with van der Waals surface area (Å²) in [6, 6.07) is 14.3. The van der Waals surface area contributed by atoms with Gasteiger partial charge in [0.25, 0.3) is 5.91 Å². The summed E-state index contributed by atoms with van der Waals surface area (Å²) in [6.45, 7) is 5.79. The Labute approximate surface area is 153 Å². The van der Waals surface area contributed by atoms with Crippen molar-refractivity contribution < 1.29 is 9.59 Å². The Morgan fingerprint density at radius 1 is 0.960 bits per heavy atom. The number of rotatable bonds is 6. The number of amides is 2. The van der Waals surface area contributed by atoms with Crippen LogP contribution in [0.1, 0.15) is 29.8 Å². The van der Waals surface area contributed by atoms with Gasteiger partial charge < -0.3 is 10.6 Å². The first-order valence-corrected chi connectivity index (χ1v) is 9.45. The highest BCUT2D eigenvalue weighted by Gasteiger charge is 2.24. The molecule has 2 aromatic rings. The van der Waals surface area contributed by atoms with Crippen LogP contribution in [0.5, 0.6) is 0 Å². The summed E-state index contributed by atoms with van der Waals surface area (Å²) in [5.74, 6) is -0.487. The number of benzene rings is 2. The van der Waals surface area contributed by atoms with Crippen molar-refractivity contribution in [2.24, 2.45) is 5.92 Å². The maximum absolute atomic E-state index is 12.6. The lowest BCUT2D eigenvalue weighted by Crippen LogP contribution is -2.47. The van der Waals surface area contributed by atoms with E-state index >= 15 is 0 Å². The quantitative estimate of drug-likeness (QED) is 0.766. The zero-order chi connectivity index (χ0) is 18.4. The molecule has 5 heteroatoms. The normalized spacial score (nSPS) is 11.9. The molecule has 2 amide bonds. The van der Waals surface area contributed by atoms with Crippen LogP contribution in [0.2, 0.25) is 0 Å². The van der Waals surface area contributed by atoms with Crippen LogP contribution in [0, 0.1) is 12.8 Å². The van der Waals surface area contributed by atoms with E-state index in [1.807, 2.05) is 63.4 Å². The highest BCUT2D eigenvalue weighted by atomic mass is 32.2. The Morgan fingerprint density at radius 3 is 2.08 bits per heavy atom. The molecule has 0 aliphatic heterocycles. The minimum Gasteiger partial charge on any atom is -0.340 e. The van der Waals surface area contributed by atoms with Gasteiger partial charge in [0.05, 0.1) is 0 Å². The van der Waals surface area contributed by atoms with Crippen molar-refractivity contribution in [1.82, 2.24) is 5.32 Å². The first-order valence-electron chi connectivity index (χ1n) is 8.23. The molecule has 1 atom stereocenters. The molecule has 0 aliphatic rings. The van der Waals surface area contributed by atoms with Crippen LogP contribution in [0.4, 0.5) is 5.69 Å². The Hall–Kier alpha value is -2.27. The molecule has 0 radical (unpaired) electrons. The molecule has 0 unspecified atom stereocenters. The SMILES string of the molecule is CSc1ccc(NC(=O)[C@@H](NC(=O)c2ccc(C)cc2)C(C)C)cc1. The van der Waals surface area contributed by atoms with Gasteiger partial charge in [0.2, 0.25) is 5.91 Å². The molecule has 0 fully saturated rings. The van der Waals surface area contributed by atoms with E-state index in [1.165, 1.54) is 0 Å². The van der Waals surface area contributed by atoms with Crippen LogP contribution in [0.3, 0.4) is 0 Å². The Kier molecular flexibility index (Phi) is 6.65. The molecule has 2 rings (SSSR count). The van der Waals surface area contributed by atoms with Gasteiger partial charge >= 0.3 is 0 Å². The van der Waals surface area contributed by atoms with E-state index in [-0.39, 0.29) is 17.7 Å². The Morgan fingerprint density at radius 2 is 1.56 bits per heavy atom. The summed E-state index contributed by atoms with van der Waals surface area (Å²) < 4.78 is 0. The molecule has 0 aromatic heterocycles. The topological polar surface area (TPSA) is 58.2 Å². The molecule has 0 saturated heterocycles. The summed E-state index contributed by atoms with van der Waals surface area (Å²) in [5.41, 5.74) is 2.36. The second kappa shape index (κ2) is 8.72. The van der Waals surface area contributed by atoms with Gasteiger partial charge in [0.15, 0.2) is 0 Å². The van der Waals surface area contributed by atoms with Gasteiger partial charge in [-0.1, -0.05) is 31.5 Å². The van der Waals surface area contributed by atoms with Crippen molar-refractivity contribution >= 4 is 29.3 Å². The third-order valence-corrected chi connectivity index (χ3v) is 4.65. The summed E-state index contributed by atoms with van der Waals surface area (Å²) >= 11 is 1.64. The molecule has 132 valence electrons. The minimum atomic E-state index is -0.603. The van der Waals surface area contributed by atoms with Gasteiger partial charge in [0, 0.05) is 16.1 Å². The van der Waals surface area contributed by atoms with Crippen LogP contribution >= 0.6 is 11.8 Å². The van der Waals surface area contributed by atoms with Gasteiger partial charge in [-0.2, -0.15) is 0 Å². The lowest BCUT2D eigenvalue weighted by molar-refractivity contribution is -0.118. The molecule has 25 heavy (non-hydrogen) atoms. The van der Waals surface area contributed by atoms with Crippen molar-refractivity contribution in [3.8, 4) is 0 Å². The average Bonchev–Trinajstić information content (AvgIpc) is 2.60. The first-order chi connectivity index (χ1) is 11.9. The smallest absolute Gasteiger partial charge is 0.251 e. The van der Waals surface area contributed by atoms with Crippen LogP contribution in [-0.4, -0.2) is 24.1 Å². The summed E-state index contributed by atoms with van der Waals surface area (Å²) in [4.78, 5) is 26.1. The molecule has 0 bridgehead atoms. The number of nitrogens with one attached hydrogen (secondary N) is 2. The summed E-state index contributed by atoms with van der Waals surface area (Å²) in [7, 11) is 0. The molecular formula is C20H24N2O2S. The van der Waals surface area contributed by atoms with Crippen LogP contribution in [0.15, 0.2) is 53.4 Å². The zero-order valence-corrected chi connectivity index (χ0v) is 15.8. The van der Waals surface area contributed by atoms with Crippen LogP contribution < -0.4 is 10.6 Å². The minimum absolute atomic E-state index is 0.0279. The summed E-state index contributed by atoms with van der Waals surface area (Å²) in [6.07, 6.45) is 2.00. The third-order valence-electron chi connectivity index (χ3n) is 3.91. The largest absolute Gasteiger partial charge is 0.340 e. The number of carbonyl (C=O) groups is 2. The molecule has 0 saturated carbocycles. The number of carbonyl (C=O) groups excluding carboxylic acids is 2. The Balaban J connectivity index is 2.06. The standard InChI is InChI=1S/C20H24N2O2S/c1-13(2)18(22-19(23)15-7-5-14(3)6-8-15)20(24)21-16-9-11-17(25-4)12-10-16/h5-13,18H,1-4H3,(H,21,24)(H,22,23)/t18-/m0/s1. The molecular weight excluding hydrogens is 332 g/mol. The fourth-order valence-electron chi connectivity index (χ4n) is 2.36. The lowest BCUT2D eigenvalue weighted by Gasteiger charge is -2.22. The Bertz CT molecular complexity index is 724. The molecule has 0 heterocycles. The second-order valence-corrected chi connectivity index (χ2v) is 7.16. The predicted octanol–water partition coefficient (Wildman–Crippen LogP) is 4.11. The van der Waals surface area contributed by atoms with Crippen molar-refractivity contribution in [3.05, 3.63) is 59.7 Å². The fourth-order valence-corrected chi connectivity index (χ4v) is 2.77. The highest BCUT2D eigenvalue weighted by molar-refractivity contribution is 7.98. The monoisotopic (exact) mass is 356 g/mol. The molecule has 2 N–H and O–H groups in total. The van der Waals surface area contributed by atoms with E-state index in [4.69, 9.17) is 0 Å². The number of aryl methyl sites for hydroxylation is 1. The van der Waals surface area contributed by atoms with Gasteiger partial charge in [0.1, 0.15) is 6.04 Å². The molecule has 4 nitrogen and oxygen atoms in total. The highest BCUT2D eigenvalue weighted by Crippen LogP contribution is 2.18. The lowest BCUT2D eigenvalue weighted by atomic mass is 10.0. The van der Waals surface area contributed by atoms with E-state index < -0.39 is 6.04 Å². The number of hydrogen-bond donors (Lipinski definition) is 2. The molecule has 0 spiro atoms. The van der Waals surface area contributed by atoms with E-state index in [9.17, 15) is 9.59 Å². The van der Waals surface area contributed by atoms with E-state index in [0.29, 0.717) is 5.56 Å². The number of thioether (sulfide) groups is 1. The van der Waals surface area contributed by atoms with Gasteiger partial charge in [-0.15, -0.1) is 11.8 Å².